The quantitative estimate of drug-likeness (QED) is 0.746. The molecule has 1 saturated carbocycles. The molecule has 2 atom stereocenters. The lowest BCUT2D eigenvalue weighted by Crippen LogP contribution is -2.45. The molecule has 2 unspecified atom stereocenters. The van der Waals surface area contributed by atoms with Crippen molar-refractivity contribution in [2.45, 2.75) is 26.3 Å². The van der Waals surface area contributed by atoms with Crippen LogP contribution in [0.5, 0.6) is 0 Å². The standard InChI is InChI=1S/C19H29N5O2/c1-14-12-16(14)19(26)21-7-5-17(25)22-13-15-4-3-6-20-18(15)24-10-8-23(2)9-11-24/h3-4,6,14,16H,5,7-13H2,1-2H3,(H,21,26)(H,22,25). The monoisotopic (exact) mass is 359 g/mol. The summed E-state index contributed by atoms with van der Waals surface area (Å²) in [6, 6.07) is 3.91. The first-order valence-electron chi connectivity index (χ1n) is 9.46. The topological polar surface area (TPSA) is 77.6 Å². The molecule has 2 heterocycles. The van der Waals surface area contributed by atoms with E-state index in [9.17, 15) is 9.59 Å². The number of likely N-dealkylation sites (N-methyl/N-ethyl adjacent to an activating group) is 1. The Bertz CT molecular complexity index is 643. The third kappa shape index (κ3) is 4.94. The molecule has 1 saturated heterocycles. The smallest absolute Gasteiger partial charge is 0.223 e. The molecule has 0 radical (unpaired) electrons. The van der Waals surface area contributed by atoms with Crippen LogP contribution in [0.2, 0.25) is 0 Å². The first kappa shape index (κ1) is 18.6. The van der Waals surface area contributed by atoms with E-state index in [0.29, 0.717) is 25.4 Å². The normalized spacial score (nSPS) is 22.8. The SMILES string of the molecule is CC1CC1C(=O)NCCC(=O)NCc1cccnc1N1CCN(C)CC1. The van der Waals surface area contributed by atoms with E-state index in [1.165, 1.54) is 0 Å². The van der Waals surface area contributed by atoms with Gasteiger partial charge in [-0.15, -0.1) is 0 Å². The number of hydrogen-bond donors (Lipinski definition) is 2. The summed E-state index contributed by atoms with van der Waals surface area (Å²) >= 11 is 0. The van der Waals surface area contributed by atoms with E-state index >= 15 is 0 Å². The van der Waals surface area contributed by atoms with Crippen LogP contribution in [0, 0.1) is 11.8 Å². The maximum atomic E-state index is 12.1. The number of anilines is 1. The van der Waals surface area contributed by atoms with E-state index in [1.807, 2.05) is 12.1 Å². The predicted octanol–water partition coefficient (Wildman–Crippen LogP) is 0.612. The van der Waals surface area contributed by atoms with Gasteiger partial charge in [-0.2, -0.15) is 0 Å². The van der Waals surface area contributed by atoms with Crippen LogP contribution < -0.4 is 15.5 Å². The highest BCUT2D eigenvalue weighted by Gasteiger charge is 2.38. The molecule has 142 valence electrons. The highest BCUT2D eigenvalue weighted by molar-refractivity contribution is 5.82. The molecule has 1 aliphatic heterocycles. The number of nitrogens with one attached hydrogen (secondary N) is 2. The van der Waals surface area contributed by atoms with Gasteiger partial charge in [-0.05, 0) is 25.5 Å². The fraction of sp³-hybridized carbons (Fsp3) is 0.632. The Kier molecular flexibility index (Phi) is 6.08. The second kappa shape index (κ2) is 8.49. The highest BCUT2D eigenvalue weighted by atomic mass is 16.2. The number of carbonyl (C=O) groups is 2. The van der Waals surface area contributed by atoms with E-state index in [1.54, 1.807) is 6.20 Å². The average molecular weight is 359 g/mol. The number of hydrogen-bond acceptors (Lipinski definition) is 5. The maximum Gasteiger partial charge on any atom is 0.223 e. The van der Waals surface area contributed by atoms with Crippen molar-refractivity contribution in [3.8, 4) is 0 Å². The summed E-state index contributed by atoms with van der Waals surface area (Å²) in [7, 11) is 2.12. The Morgan fingerprint density at radius 3 is 2.65 bits per heavy atom. The van der Waals surface area contributed by atoms with Crippen LogP contribution in [0.25, 0.3) is 0 Å². The van der Waals surface area contributed by atoms with Crippen LogP contribution in [0.1, 0.15) is 25.3 Å². The Morgan fingerprint density at radius 2 is 1.96 bits per heavy atom. The summed E-state index contributed by atoms with van der Waals surface area (Å²) in [5, 5.41) is 5.79. The zero-order valence-electron chi connectivity index (χ0n) is 15.7. The number of aromatic nitrogens is 1. The lowest BCUT2D eigenvalue weighted by Gasteiger charge is -2.34. The molecule has 1 aromatic heterocycles. The lowest BCUT2D eigenvalue weighted by molar-refractivity contribution is -0.123. The van der Waals surface area contributed by atoms with Gasteiger partial charge in [-0.25, -0.2) is 4.98 Å². The number of amides is 2. The first-order valence-corrected chi connectivity index (χ1v) is 9.46. The van der Waals surface area contributed by atoms with Gasteiger partial charge in [0.05, 0.1) is 0 Å². The van der Waals surface area contributed by atoms with Gasteiger partial charge in [-0.1, -0.05) is 13.0 Å². The van der Waals surface area contributed by atoms with E-state index < -0.39 is 0 Å². The van der Waals surface area contributed by atoms with Crippen molar-refractivity contribution in [3.05, 3.63) is 23.9 Å². The molecule has 2 amide bonds. The van der Waals surface area contributed by atoms with Crippen LogP contribution in [0.15, 0.2) is 18.3 Å². The van der Waals surface area contributed by atoms with E-state index in [0.717, 1.165) is 44.0 Å². The van der Waals surface area contributed by atoms with Crippen molar-refractivity contribution >= 4 is 17.6 Å². The van der Waals surface area contributed by atoms with Crippen LogP contribution in [0.3, 0.4) is 0 Å². The number of nitrogens with zero attached hydrogens (tertiary/aromatic N) is 3. The summed E-state index contributed by atoms with van der Waals surface area (Å²) in [5.74, 6) is 1.62. The largest absolute Gasteiger partial charge is 0.355 e. The van der Waals surface area contributed by atoms with Gasteiger partial charge in [0.1, 0.15) is 5.82 Å². The van der Waals surface area contributed by atoms with Gasteiger partial charge in [0.25, 0.3) is 0 Å². The van der Waals surface area contributed by atoms with E-state index in [4.69, 9.17) is 0 Å². The zero-order valence-corrected chi connectivity index (χ0v) is 15.7. The molecule has 0 bridgehead atoms. The van der Waals surface area contributed by atoms with Crippen LogP contribution in [-0.2, 0) is 16.1 Å². The minimum atomic E-state index is -0.0534. The third-order valence-corrected chi connectivity index (χ3v) is 5.24. The molecule has 0 spiro atoms. The number of pyridine rings is 1. The second-order valence-corrected chi connectivity index (χ2v) is 7.41. The van der Waals surface area contributed by atoms with Crippen molar-refractivity contribution in [2.24, 2.45) is 11.8 Å². The molecule has 1 aromatic rings. The Hall–Kier alpha value is -2.15. The molecule has 2 aliphatic rings. The van der Waals surface area contributed by atoms with Crippen molar-refractivity contribution in [1.29, 1.82) is 0 Å². The summed E-state index contributed by atoms with van der Waals surface area (Å²) in [4.78, 5) is 32.9. The van der Waals surface area contributed by atoms with Gasteiger partial charge in [-0.3, -0.25) is 9.59 Å². The van der Waals surface area contributed by atoms with Gasteiger partial charge in [0, 0.05) is 63.4 Å². The summed E-state index contributed by atoms with van der Waals surface area (Å²) in [5.41, 5.74) is 1.03. The van der Waals surface area contributed by atoms with Crippen molar-refractivity contribution in [3.63, 3.8) is 0 Å². The molecule has 2 fully saturated rings. The fourth-order valence-corrected chi connectivity index (χ4v) is 3.27. The van der Waals surface area contributed by atoms with Gasteiger partial charge in [0.2, 0.25) is 11.8 Å². The first-order chi connectivity index (χ1) is 12.5. The molecular weight excluding hydrogens is 330 g/mol. The molecule has 7 heteroatoms. The predicted molar refractivity (Wildman–Crippen MR) is 101 cm³/mol. The minimum absolute atomic E-state index is 0.0534. The maximum absolute atomic E-state index is 12.1. The molecule has 2 N–H and O–H groups in total. The Balaban J connectivity index is 1.44. The Labute approximate surface area is 155 Å². The van der Waals surface area contributed by atoms with Crippen molar-refractivity contribution < 1.29 is 9.59 Å². The van der Waals surface area contributed by atoms with Crippen molar-refractivity contribution in [2.75, 3.05) is 44.7 Å². The molecule has 7 nitrogen and oxygen atoms in total. The molecular formula is C19H29N5O2. The van der Waals surface area contributed by atoms with Crippen LogP contribution >= 0.6 is 0 Å². The summed E-state index contributed by atoms with van der Waals surface area (Å²) in [6.45, 7) is 6.85. The number of rotatable bonds is 7. The van der Waals surface area contributed by atoms with Gasteiger partial charge >= 0.3 is 0 Å². The fourth-order valence-electron chi connectivity index (χ4n) is 3.27. The second-order valence-electron chi connectivity index (χ2n) is 7.41. The minimum Gasteiger partial charge on any atom is -0.355 e. The Morgan fingerprint density at radius 1 is 1.23 bits per heavy atom. The van der Waals surface area contributed by atoms with E-state index in [2.05, 4.69) is 39.4 Å². The van der Waals surface area contributed by atoms with Crippen molar-refractivity contribution in [1.82, 2.24) is 20.5 Å². The van der Waals surface area contributed by atoms with E-state index in [-0.39, 0.29) is 17.7 Å². The molecule has 1 aliphatic carbocycles. The highest BCUT2D eigenvalue weighted by Crippen LogP contribution is 2.37. The summed E-state index contributed by atoms with van der Waals surface area (Å²) < 4.78 is 0. The summed E-state index contributed by atoms with van der Waals surface area (Å²) in [6.07, 6.45) is 3.07. The lowest BCUT2D eigenvalue weighted by atomic mass is 10.2. The van der Waals surface area contributed by atoms with Crippen LogP contribution in [0.4, 0.5) is 5.82 Å². The number of piperazine rings is 1. The number of carbonyl (C=O) groups excluding carboxylic acids is 2. The molecule has 26 heavy (non-hydrogen) atoms. The third-order valence-electron chi connectivity index (χ3n) is 5.24. The van der Waals surface area contributed by atoms with Crippen LogP contribution in [-0.4, -0.2) is 61.5 Å². The molecule has 0 aromatic carbocycles. The average Bonchev–Trinajstić information content (AvgIpc) is 3.38. The molecule has 3 rings (SSSR count). The zero-order chi connectivity index (χ0) is 18.5. The van der Waals surface area contributed by atoms with Gasteiger partial charge < -0.3 is 20.4 Å². The van der Waals surface area contributed by atoms with Gasteiger partial charge in [0.15, 0.2) is 0 Å².